The fourth-order valence-corrected chi connectivity index (χ4v) is 4.82. The first kappa shape index (κ1) is 26.9. The molecule has 0 aliphatic carbocycles. The molecule has 0 N–H and O–H groups in total. The van der Waals surface area contributed by atoms with Crippen LogP contribution in [0.1, 0.15) is 120 Å². The van der Waals surface area contributed by atoms with Gasteiger partial charge in [0.05, 0.1) is 0 Å². The molecule has 1 amide bonds. The Balaban J connectivity index is 1.33. The third kappa shape index (κ3) is 12.0. The number of benzene rings is 1. The normalized spacial score (nSPS) is 14.7. The van der Waals surface area contributed by atoms with E-state index in [1.54, 1.807) is 0 Å². The Kier molecular flexibility index (Phi) is 15.2. The van der Waals surface area contributed by atoms with Crippen molar-refractivity contribution in [1.29, 1.82) is 0 Å². The summed E-state index contributed by atoms with van der Waals surface area (Å²) in [5.41, 5.74) is 0.818. The van der Waals surface area contributed by atoms with E-state index in [1.165, 1.54) is 109 Å². The third-order valence-corrected chi connectivity index (χ3v) is 7.01. The number of hydrogen-bond donors (Lipinski definition) is 0. The van der Waals surface area contributed by atoms with Gasteiger partial charge in [0.2, 0.25) is 0 Å². The molecule has 0 radical (unpaired) electrons. The molecule has 0 spiro atoms. The summed E-state index contributed by atoms with van der Waals surface area (Å²) in [7, 11) is 0. The summed E-state index contributed by atoms with van der Waals surface area (Å²) in [5, 5.41) is 0. The summed E-state index contributed by atoms with van der Waals surface area (Å²) in [4.78, 5) is 17.1. The van der Waals surface area contributed by atoms with Crippen molar-refractivity contribution in [1.82, 2.24) is 9.80 Å². The number of unbranched alkanes of at least 4 members (excludes halogenated alkanes) is 15. The van der Waals surface area contributed by atoms with Crippen molar-refractivity contribution in [2.24, 2.45) is 0 Å². The molecule has 182 valence electrons. The van der Waals surface area contributed by atoms with E-state index in [4.69, 9.17) is 0 Å². The average Bonchev–Trinajstić information content (AvgIpc) is 2.84. The van der Waals surface area contributed by atoms with Crippen LogP contribution in [0, 0.1) is 0 Å². The highest BCUT2D eigenvalue weighted by Gasteiger charge is 2.21. The lowest BCUT2D eigenvalue weighted by atomic mass is 10.0. The Morgan fingerprint density at radius 1 is 0.625 bits per heavy atom. The van der Waals surface area contributed by atoms with E-state index in [2.05, 4.69) is 11.8 Å². The number of rotatable bonds is 18. The van der Waals surface area contributed by atoms with Gasteiger partial charge in [-0.05, 0) is 25.1 Å². The van der Waals surface area contributed by atoms with Crippen molar-refractivity contribution in [2.45, 2.75) is 110 Å². The maximum Gasteiger partial charge on any atom is 0.253 e. The highest BCUT2D eigenvalue weighted by Crippen LogP contribution is 2.14. The maximum absolute atomic E-state index is 12.5. The van der Waals surface area contributed by atoms with Gasteiger partial charge in [-0.15, -0.1) is 0 Å². The number of piperazine rings is 1. The fraction of sp³-hybridized carbons (Fsp3) is 0.759. The molecule has 3 nitrogen and oxygen atoms in total. The number of amides is 1. The Bertz CT molecular complexity index is 566. The van der Waals surface area contributed by atoms with Gasteiger partial charge in [-0.1, -0.05) is 121 Å². The zero-order valence-electron chi connectivity index (χ0n) is 21.0. The monoisotopic (exact) mass is 442 g/mol. The summed E-state index contributed by atoms with van der Waals surface area (Å²) in [6.07, 6.45) is 22.8. The molecule has 0 unspecified atom stereocenters. The average molecular weight is 443 g/mol. The molecule has 1 aliphatic heterocycles. The van der Waals surface area contributed by atoms with Gasteiger partial charge in [0.25, 0.3) is 5.91 Å². The molecule has 1 fully saturated rings. The molecule has 1 saturated heterocycles. The van der Waals surface area contributed by atoms with Gasteiger partial charge in [0.1, 0.15) is 0 Å². The van der Waals surface area contributed by atoms with Crippen LogP contribution in [0.2, 0.25) is 0 Å². The second-order valence-electron chi connectivity index (χ2n) is 9.80. The molecular formula is C29H50N2O. The number of carbonyl (C=O) groups is 1. The van der Waals surface area contributed by atoms with E-state index in [1.807, 2.05) is 35.2 Å². The number of nitrogens with zero attached hydrogens (tertiary/aromatic N) is 2. The SMILES string of the molecule is CCCCCCCCCCCCCCCCCCN1CCN(C(=O)c2ccccc2)CC1. The minimum absolute atomic E-state index is 0.188. The Hall–Kier alpha value is -1.35. The van der Waals surface area contributed by atoms with Crippen LogP contribution >= 0.6 is 0 Å². The molecule has 0 bridgehead atoms. The van der Waals surface area contributed by atoms with E-state index in [0.29, 0.717) is 0 Å². The zero-order valence-corrected chi connectivity index (χ0v) is 21.0. The van der Waals surface area contributed by atoms with Gasteiger partial charge in [0, 0.05) is 31.7 Å². The molecule has 0 aromatic heterocycles. The highest BCUT2D eigenvalue weighted by atomic mass is 16.2. The van der Waals surface area contributed by atoms with Gasteiger partial charge in [-0.25, -0.2) is 0 Å². The molecule has 1 aromatic carbocycles. The van der Waals surface area contributed by atoms with Gasteiger partial charge >= 0.3 is 0 Å². The van der Waals surface area contributed by atoms with Crippen LogP contribution in [0.3, 0.4) is 0 Å². The predicted octanol–water partition coefficient (Wildman–Crippen LogP) is 7.71. The fourth-order valence-electron chi connectivity index (χ4n) is 4.82. The van der Waals surface area contributed by atoms with E-state index in [0.717, 1.165) is 31.7 Å². The Morgan fingerprint density at radius 3 is 1.53 bits per heavy atom. The summed E-state index contributed by atoms with van der Waals surface area (Å²) in [6.45, 7) is 7.28. The molecular weight excluding hydrogens is 392 g/mol. The number of carbonyl (C=O) groups excluding carboxylic acids is 1. The minimum Gasteiger partial charge on any atom is -0.336 e. The molecule has 1 aromatic rings. The largest absolute Gasteiger partial charge is 0.336 e. The van der Waals surface area contributed by atoms with Crippen LogP contribution < -0.4 is 0 Å². The van der Waals surface area contributed by atoms with Crippen molar-refractivity contribution in [3.63, 3.8) is 0 Å². The standard InChI is InChI=1S/C29H50N2O/c1-2-3-4-5-6-7-8-9-10-11-12-13-14-15-16-20-23-30-24-26-31(27-25-30)29(32)28-21-18-17-19-22-28/h17-19,21-22H,2-16,20,23-27H2,1H3. The van der Waals surface area contributed by atoms with Crippen molar-refractivity contribution in [2.75, 3.05) is 32.7 Å². The lowest BCUT2D eigenvalue weighted by Crippen LogP contribution is -2.48. The molecule has 0 atom stereocenters. The van der Waals surface area contributed by atoms with Crippen LogP contribution in [-0.2, 0) is 0 Å². The smallest absolute Gasteiger partial charge is 0.253 e. The molecule has 1 aliphatic rings. The van der Waals surface area contributed by atoms with Gasteiger partial charge in [0.15, 0.2) is 0 Å². The Labute approximate surface area is 199 Å². The van der Waals surface area contributed by atoms with E-state index in [9.17, 15) is 4.79 Å². The van der Waals surface area contributed by atoms with Crippen LogP contribution in [0.15, 0.2) is 30.3 Å². The number of hydrogen-bond acceptors (Lipinski definition) is 2. The van der Waals surface area contributed by atoms with Crippen molar-refractivity contribution < 1.29 is 4.79 Å². The lowest BCUT2D eigenvalue weighted by Gasteiger charge is -2.34. The van der Waals surface area contributed by atoms with Crippen LogP contribution in [-0.4, -0.2) is 48.4 Å². The van der Waals surface area contributed by atoms with Crippen molar-refractivity contribution in [3.8, 4) is 0 Å². The first-order valence-electron chi connectivity index (χ1n) is 13.9. The topological polar surface area (TPSA) is 23.6 Å². The van der Waals surface area contributed by atoms with Crippen LogP contribution in [0.4, 0.5) is 0 Å². The van der Waals surface area contributed by atoms with E-state index >= 15 is 0 Å². The third-order valence-electron chi connectivity index (χ3n) is 7.01. The summed E-state index contributed by atoms with van der Waals surface area (Å²) in [6, 6.07) is 9.70. The maximum atomic E-state index is 12.5. The predicted molar refractivity (Wildman–Crippen MR) is 138 cm³/mol. The highest BCUT2D eigenvalue weighted by molar-refractivity contribution is 5.94. The van der Waals surface area contributed by atoms with E-state index < -0.39 is 0 Å². The molecule has 2 rings (SSSR count). The first-order valence-corrected chi connectivity index (χ1v) is 13.9. The first-order chi connectivity index (χ1) is 15.8. The minimum atomic E-state index is 0.188. The molecule has 3 heteroatoms. The molecule has 0 saturated carbocycles. The summed E-state index contributed by atoms with van der Waals surface area (Å²) in [5.74, 6) is 0.188. The summed E-state index contributed by atoms with van der Waals surface area (Å²) >= 11 is 0. The zero-order chi connectivity index (χ0) is 22.7. The molecule has 32 heavy (non-hydrogen) atoms. The van der Waals surface area contributed by atoms with Gasteiger partial charge in [-0.3, -0.25) is 9.69 Å². The Morgan fingerprint density at radius 2 is 1.06 bits per heavy atom. The van der Waals surface area contributed by atoms with Gasteiger partial charge < -0.3 is 4.90 Å². The second-order valence-corrected chi connectivity index (χ2v) is 9.80. The lowest BCUT2D eigenvalue weighted by molar-refractivity contribution is 0.0635. The van der Waals surface area contributed by atoms with Gasteiger partial charge in [-0.2, -0.15) is 0 Å². The van der Waals surface area contributed by atoms with Crippen LogP contribution in [0.25, 0.3) is 0 Å². The summed E-state index contributed by atoms with van der Waals surface area (Å²) < 4.78 is 0. The second kappa shape index (κ2) is 18.1. The van der Waals surface area contributed by atoms with Crippen LogP contribution in [0.5, 0.6) is 0 Å². The quantitative estimate of drug-likeness (QED) is 0.217. The van der Waals surface area contributed by atoms with Crippen molar-refractivity contribution in [3.05, 3.63) is 35.9 Å². The van der Waals surface area contributed by atoms with E-state index in [-0.39, 0.29) is 5.91 Å². The molecule has 1 heterocycles. The van der Waals surface area contributed by atoms with Crippen molar-refractivity contribution >= 4 is 5.91 Å².